The highest BCUT2D eigenvalue weighted by Gasteiger charge is 2.15. The second-order valence-corrected chi connectivity index (χ2v) is 7.81. The van der Waals surface area contributed by atoms with Crippen LogP contribution in [-0.2, 0) is 20.9 Å². The molecule has 0 spiro atoms. The van der Waals surface area contributed by atoms with Gasteiger partial charge in [0, 0.05) is 55.6 Å². The van der Waals surface area contributed by atoms with E-state index in [9.17, 15) is 14.4 Å². The van der Waals surface area contributed by atoms with E-state index in [-0.39, 0.29) is 29.7 Å². The van der Waals surface area contributed by atoms with Crippen molar-refractivity contribution in [3.05, 3.63) is 45.0 Å². The van der Waals surface area contributed by atoms with Crippen LogP contribution < -0.4 is 15.1 Å². The van der Waals surface area contributed by atoms with Crippen LogP contribution in [0.25, 0.3) is 0 Å². The van der Waals surface area contributed by atoms with Crippen LogP contribution in [0.1, 0.15) is 12.1 Å². The van der Waals surface area contributed by atoms with E-state index >= 15 is 0 Å². The summed E-state index contributed by atoms with van der Waals surface area (Å²) in [5.74, 6) is -0.441. The lowest BCUT2D eigenvalue weighted by Gasteiger charge is -2.28. The number of likely N-dealkylation sites (N-methyl/N-ethyl adjacent to an activating group) is 1. The quantitative estimate of drug-likeness (QED) is 0.738. The lowest BCUT2D eigenvalue weighted by molar-refractivity contribution is -0.133. The Morgan fingerprint density at radius 1 is 1.21 bits per heavy atom. The molecule has 0 atom stereocenters. The standard InChI is InChI=1S/C20H26N4O4S/c1-15-14-29-20(27)24(15)8-7-19(26)22(2)13-18(25)21-16-3-5-17(6-4-16)23-9-11-28-12-10-23/h3-6,14H,7-13H2,1-2H3,(H,21,25). The summed E-state index contributed by atoms with van der Waals surface area (Å²) in [7, 11) is 1.59. The number of benzene rings is 1. The van der Waals surface area contributed by atoms with Crippen LogP contribution in [0.5, 0.6) is 0 Å². The average molecular weight is 419 g/mol. The van der Waals surface area contributed by atoms with Gasteiger partial charge in [-0.05, 0) is 31.2 Å². The number of morpholine rings is 1. The van der Waals surface area contributed by atoms with Crippen molar-refractivity contribution in [2.45, 2.75) is 19.9 Å². The van der Waals surface area contributed by atoms with Crippen molar-refractivity contribution in [3.63, 3.8) is 0 Å². The van der Waals surface area contributed by atoms with E-state index < -0.39 is 0 Å². The number of carbonyl (C=O) groups is 2. The zero-order valence-electron chi connectivity index (χ0n) is 16.7. The van der Waals surface area contributed by atoms with E-state index in [1.807, 2.05) is 31.2 Å². The van der Waals surface area contributed by atoms with Crippen molar-refractivity contribution in [1.82, 2.24) is 9.47 Å². The maximum atomic E-state index is 12.3. The van der Waals surface area contributed by atoms with Crippen LogP contribution in [0, 0.1) is 6.92 Å². The van der Waals surface area contributed by atoms with Crippen LogP contribution >= 0.6 is 11.3 Å². The molecule has 156 valence electrons. The molecule has 8 nitrogen and oxygen atoms in total. The zero-order chi connectivity index (χ0) is 20.8. The SMILES string of the molecule is Cc1csc(=O)n1CCC(=O)N(C)CC(=O)Nc1ccc(N2CCOCC2)cc1. The number of carbonyl (C=O) groups excluding carboxylic acids is 2. The number of aromatic nitrogens is 1. The predicted molar refractivity (Wildman–Crippen MR) is 114 cm³/mol. The molecule has 1 saturated heterocycles. The Labute approximate surface area is 173 Å². The second-order valence-electron chi connectivity index (χ2n) is 6.99. The summed E-state index contributed by atoms with van der Waals surface area (Å²) in [5.41, 5.74) is 2.62. The summed E-state index contributed by atoms with van der Waals surface area (Å²) < 4.78 is 6.93. The maximum absolute atomic E-state index is 12.3. The van der Waals surface area contributed by atoms with E-state index in [1.54, 1.807) is 17.0 Å². The summed E-state index contributed by atoms with van der Waals surface area (Å²) >= 11 is 1.12. The van der Waals surface area contributed by atoms with Gasteiger partial charge in [-0.2, -0.15) is 0 Å². The van der Waals surface area contributed by atoms with Crippen LogP contribution in [0.3, 0.4) is 0 Å². The van der Waals surface area contributed by atoms with Gasteiger partial charge in [0.25, 0.3) is 0 Å². The number of anilines is 2. The Morgan fingerprint density at radius 3 is 2.52 bits per heavy atom. The third-order valence-corrected chi connectivity index (χ3v) is 5.74. The number of hydrogen-bond donors (Lipinski definition) is 1. The van der Waals surface area contributed by atoms with E-state index in [4.69, 9.17) is 4.74 Å². The van der Waals surface area contributed by atoms with Crippen molar-refractivity contribution in [2.75, 3.05) is 50.1 Å². The Kier molecular flexibility index (Phi) is 7.05. The summed E-state index contributed by atoms with van der Waals surface area (Å²) in [6, 6.07) is 7.65. The molecule has 0 aliphatic carbocycles. The number of aryl methyl sites for hydroxylation is 1. The molecule has 1 aromatic carbocycles. The number of ether oxygens (including phenoxy) is 1. The molecule has 1 aliphatic rings. The van der Waals surface area contributed by atoms with Gasteiger partial charge in [-0.25, -0.2) is 0 Å². The van der Waals surface area contributed by atoms with Crippen molar-refractivity contribution in [3.8, 4) is 0 Å². The number of nitrogens with one attached hydrogen (secondary N) is 1. The molecule has 1 N–H and O–H groups in total. The lowest BCUT2D eigenvalue weighted by atomic mass is 10.2. The summed E-state index contributed by atoms with van der Waals surface area (Å²) in [5, 5.41) is 4.59. The normalized spacial score (nSPS) is 13.9. The maximum Gasteiger partial charge on any atom is 0.307 e. The Balaban J connectivity index is 1.46. The fourth-order valence-corrected chi connectivity index (χ4v) is 3.92. The molecule has 1 aliphatic heterocycles. The first-order valence-corrected chi connectivity index (χ1v) is 10.4. The highest BCUT2D eigenvalue weighted by Crippen LogP contribution is 2.19. The number of thiazole rings is 1. The van der Waals surface area contributed by atoms with Crippen LogP contribution in [0.2, 0.25) is 0 Å². The highest BCUT2D eigenvalue weighted by molar-refractivity contribution is 7.07. The van der Waals surface area contributed by atoms with E-state index in [1.165, 1.54) is 4.90 Å². The smallest absolute Gasteiger partial charge is 0.307 e. The molecule has 9 heteroatoms. The van der Waals surface area contributed by atoms with Gasteiger partial charge in [-0.15, -0.1) is 0 Å². The molecule has 3 rings (SSSR count). The highest BCUT2D eigenvalue weighted by atomic mass is 32.1. The van der Waals surface area contributed by atoms with Gasteiger partial charge in [0.05, 0.1) is 19.8 Å². The van der Waals surface area contributed by atoms with Crippen LogP contribution in [-0.4, -0.2) is 61.2 Å². The first kappa shape index (κ1) is 21.1. The fourth-order valence-electron chi connectivity index (χ4n) is 3.15. The first-order chi connectivity index (χ1) is 13.9. The molecule has 0 radical (unpaired) electrons. The van der Waals surface area contributed by atoms with E-state index in [2.05, 4.69) is 10.2 Å². The first-order valence-electron chi connectivity index (χ1n) is 9.55. The van der Waals surface area contributed by atoms with Crippen molar-refractivity contribution < 1.29 is 14.3 Å². The van der Waals surface area contributed by atoms with Gasteiger partial charge in [0.15, 0.2) is 0 Å². The van der Waals surface area contributed by atoms with Crippen molar-refractivity contribution >= 4 is 34.5 Å². The van der Waals surface area contributed by atoms with Gasteiger partial charge >= 0.3 is 4.87 Å². The molecule has 0 saturated carbocycles. The van der Waals surface area contributed by atoms with Gasteiger partial charge < -0.3 is 24.4 Å². The van der Waals surface area contributed by atoms with Crippen molar-refractivity contribution in [1.29, 1.82) is 0 Å². The van der Waals surface area contributed by atoms with E-state index in [0.717, 1.165) is 49.0 Å². The van der Waals surface area contributed by atoms with Crippen LogP contribution in [0.15, 0.2) is 34.4 Å². The lowest BCUT2D eigenvalue weighted by Crippen LogP contribution is -2.36. The minimum atomic E-state index is -0.260. The molecular formula is C20H26N4O4S. The van der Waals surface area contributed by atoms with E-state index in [0.29, 0.717) is 12.2 Å². The summed E-state index contributed by atoms with van der Waals surface area (Å²) in [6.07, 6.45) is 0.176. The third kappa shape index (κ3) is 5.68. The number of amides is 2. The van der Waals surface area contributed by atoms with Gasteiger partial charge in [0.1, 0.15) is 0 Å². The summed E-state index contributed by atoms with van der Waals surface area (Å²) in [4.78, 5) is 39.8. The predicted octanol–water partition coefficient (Wildman–Crippen LogP) is 1.54. The summed E-state index contributed by atoms with van der Waals surface area (Å²) in [6.45, 7) is 5.28. The van der Waals surface area contributed by atoms with Crippen LogP contribution in [0.4, 0.5) is 11.4 Å². The molecule has 2 amide bonds. The Bertz CT molecular complexity index is 900. The number of rotatable bonds is 7. The van der Waals surface area contributed by atoms with Gasteiger partial charge in [-0.1, -0.05) is 11.3 Å². The zero-order valence-corrected chi connectivity index (χ0v) is 17.5. The van der Waals surface area contributed by atoms with Crippen molar-refractivity contribution in [2.24, 2.45) is 0 Å². The minimum absolute atomic E-state index is 0.0401. The molecule has 29 heavy (non-hydrogen) atoms. The largest absolute Gasteiger partial charge is 0.378 e. The number of nitrogens with zero attached hydrogens (tertiary/aromatic N) is 3. The molecule has 2 heterocycles. The molecule has 0 bridgehead atoms. The Morgan fingerprint density at radius 2 is 1.90 bits per heavy atom. The topological polar surface area (TPSA) is 83.9 Å². The Hall–Kier alpha value is -2.65. The molecule has 1 aromatic heterocycles. The third-order valence-electron chi connectivity index (χ3n) is 4.86. The molecule has 2 aromatic rings. The monoisotopic (exact) mass is 418 g/mol. The van der Waals surface area contributed by atoms with Gasteiger partial charge in [0.2, 0.25) is 11.8 Å². The average Bonchev–Trinajstić information content (AvgIpc) is 3.04. The molecule has 0 unspecified atom stereocenters. The number of hydrogen-bond acceptors (Lipinski definition) is 6. The molecular weight excluding hydrogens is 392 g/mol. The minimum Gasteiger partial charge on any atom is -0.378 e. The molecule has 1 fully saturated rings. The second kappa shape index (κ2) is 9.71. The van der Waals surface area contributed by atoms with Gasteiger partial charge in [-0.3, -0.25) is 14.4 Å². The fraction of sp³-hybridized carbons (Fsp3) is 0.450.